The maximum atomic E-state index is 3.64. The number of aromatic nitrogens is 1. The summed E-state index contributed by atoms with van der Waals surface area (Å²) in [5.74, 6) is 0. The molecule has 0 radical (unpaired) electrons. The maximum Gasteiger partial charge on any atom is 0.0446 e. The minimum atomic E-state index is 0.450. The Labute approximate surface area is 86.1 Å². The fourth-order valence-electron chi connectivity index (χ4n) is 2.45. The summed E-state index contributed by atoms with van der Waals surface area (Å²) in [4.78, 5) is 3.25. The third kappa shape index (κ3) is 2.01. The fourth-order valence-corrected chi connectivity index (χ4v) is 2.45. The Morgan fingerprint density at radius 2 is 2.21 bits per heavy atom. The first-order valence-corrected chi connectivity index (χ1v) is 5.46. The van der Waals surface area contributed by atoms with Crippen molar-refractivity contribution < 1.29 is 0 Å². The summed E-state index contributed by atoms with van der Waals surface area (Å²) in [5.41, 5.74) is 1.85. The first-order chi connectivity index (χ1) is 6.57. The van der Waals surface area contributed by atoms with Crippen LogP contribution in [0.15, 0.2) is 18.3 Å². The molecule has 2 nitrogen and oxygen atoms in total. The molecule has 1 aromatic rings. The molecular formula is C12H20N2. The highest BCUT2D eigenvalue weighted by atomic mass is 15.0. The maximum absolute atomic E-state index is 3.64. The zero-order valence-corrected chi connectivity index (χ0v) is 9.30. The second-order valence-corrected chi connectivity index (χ2v) is 5.28. The Balaban J connectivity index is 1.82. The second-order valence-electron chi connectivity index (χ2n) is 5.28. The van der Waals surface area contributed by atoms with Crippen LogP contribution in [0.1, 0.15) is 45.3 Å². The fraction of sp³-hybridized carbons (Fsp3) is 0.667. The Bertz CT molecular complexity index is 279. The zero-order chi connectivity index (χ0) is 10.2. The van der Waals surface area contributed by atoms with Crippen LogP contribution in [0.2, 0.25) is 0 Å². The summed E-state index contributed by atoms with van der Waals surface area (Å²) in [5, 5.41) is 3.64. The molecule has 0 aromatic carbocycles. The van der Waals surface area contributed by atoms with Crippen molar-refractivity contribution in [3.63, 3.8) is 0 Å². The monoisotopic (exact) mass is 192 g/mol. The van der Waals surface area contributed by atoms with Gasteiger partial charge in [-0.05, 0) is 37.3 Å². The summed E-state index contributed by atoms with van der Waals surface area (Å²) in [6.07, 6.45) is 4.59. The van der Waals surface area contributed by atoms with Crippen molar-refractivity contribution in [2.45, 2.75) is 45.7 Å². The lowest BCUT2D eigenvalue weighted by Crippen LogP contribution is -2.46. The molecule has 1 heterocycles. The van der Waals surface area contributed by atoms with Gasteiger partial charge in [0.25, 0.3) is 0 Å². The quantitative estimate of drug-likeness (QED) is 0.757. The van der Waals surface area contributed by atoms with Crippen LogP contribution in [-0.2, 0) is 0 Å². The van der Waals surface area contributed by atoms with Crippen molar-refractivity contribution in [1.29, 1.82) is 0 Å². The van der Waals surface area contributed by atoms with Gasteiger partial charge in [-0.25, -0.2) is 0 Å². The number of hydrogen-bond acceptors (Lipinski definition) is 1. The van der Waals surface area contributed by atoms with Gasteiger partial charge < -0.3 is 10.3 Å². The minimum absolute atomic E-state index is 0.450. The van der Waals surface area contributed by atoms with Crippen LogP contribution in [0.4, 0.5) is 0 Å². The van der Waals surface area contributed by atoms with Gasteiger partial charge in [0, 0.05) is 24.0 Å². The first kappa shape index (κ1) is 9.78. The molecule has 1 atom stereocenters. The van der Waals surface area contributed by atoms with Crippen LogP contribution >= 0.6 is 0 Å². The van der Waals surface area contributed by atoms with Crippen molar-refractivity contribution in [2.24, 2.45) is 5.41 Å². The smallest absolute Gasteiger partial charge is 0.0446 e. The summed E-state index contributed by atoms with van der Waals surface area (Å²) >= 11 is 0. The van der Waals surface area contributed by atoms with E-state index >= 15 is 0 Å². The largest absolute Gasteiger partial charge is 0.364 e. The molecule has 14 heavy (non-hydrogen) atoms. The van der Waals surface area contributed by atoms with E-state index in [1.54, 1.807) is 0 Å². The molecule has 0 aliphatic heterocycles. The average molecular weight is 192 g/mol. The minimum Gasteiger partial charge on any atom is -0.364 e. The van der Waals surface area contributed by atoms with Crippen LogP contribution in [0, 0.1) is 5.41 Å². The molecule has 1 aromatic heterocycles. The van der Waals surface area contributed by atoms with Crippen LogP contribution in [0.3, 0.4) is 0 Å². The van der Waals surface area contributed by atoms with Gasteiger partial charge in [-0.15, -0.1) is 0 Å². The highest BCUT2D eigenvalue weighted by Crippen LogP contribution is 2.40. The zero-order valence-electron chi connectivity index (χ0n) is 9.30. The van der Waals surface area contributed by atoms with Crippen molar-refractivity contribution in [3.05, 3.63) is 24.0 Å². The van der Waals surface area contributed by atoms with Gasteiger partial charge in [-0.3, -0.25) is 0 Å². The van der Waals surface area contributed by atoms with Crippen molar-refractivity contribution in [2.75, 3.05) is 0 Å². The van der Waals surface area contributed by atoms with E-state index < -0.39 is 0 Å². The third-order valence-corrected chi connectivity index (χ3v) is 3.17. The summed E-state index contributed by atoms with van der Waals surface area (Å²) < 4.78 is 0. The van der Waals surface area contributed by atoms with Crippen molar-refractivity contribution >= 4 is 0 Å². The van der Waals surface area contributed by atoms with E-state index in [9.17, 15) is 0 Å². The van der Waals surface area contributed by atoms with E-state index in [-0.39, 0.29) is 0 Å². The van der Waals surface area contributed by atoms with E-state index in [2.05, 4.69) is 43.2 Å². The Morgan fingerprint density at radius 3 is 2.71 bits per heavy atom. The van der Waals surface area contributed by atoms with Gasteiger partial charge in [0.05, 0.1) is 0 Å². The molecule has 2 rings (SSSR count). The second kappa shape index (κ2) is 3.43. The molecule has 0 spiro atoms. The molecule has 2 heteroatoms. The lowest BCUT2D eigenvalue weighted by Gasteiger charge is -2.44. The number of hydrogen-bond donors (Lipinski definition) is 2. The third-order valence-electron chi connectivity index (χ3n) is 3.17. The van der Waals surface area contributed by atoms with E-state index in [1.165, 1.54) is 18.5 Å². The van der Waals surface area contributed by atoms with Crippen LogP contribution in [0.25, 0.3) is 0 Å². The van der Waals surface area contributed by atoms with Crippen molar-refractivity contribution in [3.8, 4) is 0 Å². The van der Waals surface area contributed by atoms with Crippen LogP contribution < -0.4 is 5.32 Å². The SMILES string of the molecule is CC(NC1CC(C)(C)C1)c1ccc[nH]1. The normalized spacial score (nSPS) is 23.1. The summed E-state index contributed by atoms with van der Waals surface area (Å²) in [6.45, 7) is 6.89. The van der Waals surface area contributed by atoms with Gasteiger partial charge in [0.2, 0.25) is 0 Å². The standard InChI is InChI=1S/C12H20N2/c1-9(11-5-4-6-13-11)14-10-7-12(2,3)8-10/h4-6,9-10,13-14H,7-8H2,1-3H3. The van der Waals surface area contributed by atoms with Crippen LogP contribution in [0.5, 0.6) is 0 Å². The van der Waals surface area contributed by atoms with E-state index in [1.807, 2.05) is 6.20 Å². The highest BCUT2D eigenvalue weighted by Gasteiger charge is 2.36. The highest BCUT2D eigenvalue weighted by molar-refractivity contribution is 5.09. The molecule has 1 aliphatic carbocycles. The molecule has 0 amide bonds. The summed E-state index contributed by atoms with van der Waals surface area (Å²) in [7, 11) is 0. The molecule has 1 unspecified atom stereocenters. The van der Waals surface area contributed by atoms with Gasteiger partial charge in [0.1, 0.15) is 0 Å². The first-order valence-electron chi connectivity index (χ1n) is 5.46. The number of H-pyrrole nitrogens is 1. The van der Waals surface area contributed by atoms with Gasteiger partial charge >= 0.3 is 0 Å². The molecule has 2 N–H and O–H groups in total. The number of nitrogens with one attached hydrogen (secondary N) is 2. The van der Waals surface area contributed by atoms with Crippen molar-refractivity contribution in [1.82, 2.24) is 10.3 Å². The van der Waals surface area contributed by atoms with E-state index in [0.29, 0.717) is 17.5 Å². The molecule has 1 aliphatic rings. The lowest BCUT2D eigenvalue weighted by atomic mass is 9.68. The van der Waals surface area contributed by atoms with Gasteiger partial charge in [0.15, 0.2) is 0 Å². The predicted octanol–water partition coefficient (Wildman–Crippen LogP) is 2.85. The molecular weight excluding hydrogens is 172 g/mol. The Kier molecular flexibility index (Phi) is 2.40. The summed E-state index contributed by atoms with van der Waals surface area (Å²) in [6, 6.07) is 5.36. The molecule has 0 saturated heterocycles. The molecule has 78 valence electrons. The van der Waals surface area contributed by atoms with E-state index in [0.717, 1.165) is 0 Å². The Hall–Kier alpha value is -0.760. The number of rotatable bonds is 3. The van der Waals surface area contributed by atoms with Gasteiger partial charge in [-0.1, -0.05) is 13.8 Å². The number of aromatic amines is 1. The molecule has 0 bridgehead atoms. The topological polar surface area (TPSA) is 27.8 Å². The van der Waals surface area contributed by atoms with Crippen LogP contribution in [-0.4, -0.2) is 11.0 Å². The Morgan fingerprint density at radius 1 is 1.50 bits per heavy atom. The predicted molar refractivity (Wildman–Crippen MR) is 59.1 cm³/mol. The molecule has 1 fully saturated rings. The van der Waals surface area contributed by atoms with Gasteiger partial charge in [-0.2, -0.15) is 0 Å². The van der Waals surface area contributed by atoms with E-state index in [4.69, 9.17) is 0 Å². The lowest BCUT2D eigenvalue weighted by molar-refractivity contribution is 0.118. The molecule has 1 saturated carbocycles. The average Bonchev–Trinajstić information content (AvgIpc) is 2.51.